The van der Waals surface area contributed by atoms with Crippen molar-refractivity contribution in [1.29, 1.82) is 0 Å². The second-order valence-electron chi connectivity index (χ2n) is 5.09. The number of ether oxygens (including phenoxy) is 2. The predicted molar refractivity (Wildman–Crippen MR) is 86.0 cm³/mol. The van der Waals surface area contributed by atoms with Crippen molar-refractivity contribution < 1.29 is 19.1 Å². The zero-order valence-corrected chi connectivity index (χ0v) is 13.9. The van der Waals surface area contributed by atoms with E-state index < -0.39 is 0 Å². The number of hydrogen-bond acceptors (Lipinski definition) is 4. The first kappa shape index (κ1) is 18.5. The van der Waals surface area contributed by atoms with Crippen LogP contribution in [-0.4, -0.2) is 18.0 Å². The van der Waals surface area contributed by atoms with Crippen LogP contribution < -0.4 is 4.74 Å². The van der Waals surface area contributed by atoms with Gasteiger partial charge in [0.1, 0.15) is 11.9 Å². The Balaban J connectivity index is 2.25. The van der Waals surface area contributed by atoms with Gasteiger partial charge >= 0.3 is 11.9 Å². The van der Waals surface area contributed by atoms with E-state index in [4.69, 9.17) is 21.1 Å². The molecule has 0 saturated carbocycles. The fourth-order valence-corrected chi connectivity index (χ4v) is 2.18. The highest BCUT2D eigenvalue weighted by atomic mass is 35.5. The lowest BCUT2D eigenvalue weighted by Gasteiger charge is -2.15. The van der Waals surface area contributed by atoms with Gasteiger partial charge in [0.05, 0.1) is 0 Å². The minimum Gasteiger partial charge on any atom is -0.462 e. The van der Waals surface area contributed by atoms with Crippen LogP contribution in [0.1, 0.15) is 52.4 Å². The van der Waals surface area contributed by atoms with Crippen LogP contribution in [0, 0.1) is 0 Å². The van der Waals surface area contributed by atoms with Crippen molar-refractivity contribution >= 4 is 23.5 Å². The summed E-state index contributed by atoms with van der Waals surface area (Å²) in [6, 6.07) is 6.65. The van der Waals surface area contributed by atoms with Crippen molar-refractivity contribution in [3.63, 3.8) is 0 Å². The van der Waals surface area contributed by atoms with E-state index in [2.05, 4.69) is 6.92 Å². The fraction of sp³-hybridized carbons (Fsp3) is 0.529. The molecule has 22 heavy (non-hydrogen) atoms. The third kappa shape index (κ3) is 7.46. The fourth-order valence-electron chi connectivity index (χ4n) is 2.00. The Labute approximate surface area is 136 Å². The van der Waals surface area contributed by atoms with Crippen molar-refractivity contribution in [2.24, 2.45) is 0 Å². The average molecular weight is 327 g/mol. The number of benzene rings is 1. The van der Waals surface area contributed by atoms with E-state index in [9.17, 15) is 9.59 Å². The maximum atomic E-state index is 11.7. The largest absolute Gasteiger partial charge is 0.462 e. The molecule has 0 heterocycles. The summed E-state index contributed by atoms with van der Waals surface area (Å²) in [4.78, 5) is 23.3. The predicted octanol–water partition coefficient (Wildman–Crippen LogP) is 4.54. The summed E-state index contributed by atoms with van der Waals surface area (Å²) in [5, 5.41) is 0.510. The lowest BCUT2D eigenvalue weighted by molar-refractivity contribution is -0.149. The van der Waals surface area contributed by atoms with E-state index in [1.54, 1.807) is 24.3 Å². The van der Waals surface area contributed by atoms with E-state index in [0.29, 0.717) is 17.2 Å². The summed E-state index contributed by atoms with van der Waals surface area (Å²) in [6.45, 7) is 4.05. The molecule has 0 N–H and O–H groups in total. The minimum atomic E-state index is -0.379. The second kappa shape index (κ2) is 10.2. The summed E-state index contributed by atoms with van der Waals surface area (Å²) >= 11 is 5.81. The first-order valence-corrected chi connectivity index (χ1v) is 8.08. The Bertz CT molecular complexity index is 487. The number of carbonyl (C=O) groups excluding carboxylic acids is 2. The highest BCUT2D eigenvalue weighted by molar-refractivity contribution is 6.30. The van der Waals surface area contributed by atoms with Gasteiger partial charge in [0.15, 0.2) is 0 Å². The number of halogens is 1. The molecule has 0 aliphatic carbocycles. The van der Waals surface area contributed by atoms with Gasteiger partial charge in [0, 0.05) is 17.9 Å². The van der Waals surface area contributed by atoms with Gasteiger partial charge in [-0.15, -0.1) is 0 Å². The van der Waals surface area contributed by atoms with Crippen molar-refractivity contribution in [3.8, 4) is 5.75 Å². The Morgan fingerprint density at radius 3 is 2.55 bits per heavy atom. The molecular weight excluding hydrogens is 304 g/mol. The van der Waals surface area contributed by atoms with Gasteiger partial charge in [0.2, 0.25) is 0 Å². The maximum Gasteiger partial charge on any atom is 0.311 e. The van der Waals surface area contributed by atoms with Crippen LogP contribution in [0.15, 0.2) is 24.3 Å². The van der Waals surface area contributed by atoms with Gasteiger partial charge in [-0.25, -0.2) is 0 Å². The average Bonchev–Trinajstić information content (AvgIpc) is 2.46. The highest BCUT2D eigenvalue weighted by Crippen LogP contribution is 2.18. The summed E-state index contributed by atoms with van der Waals surface area (Å²) in [7, 11) is 0. The molecule has 0 bridgehead atoms. The van der Waals surface area contributed by atoms with E-state index >= 15 is 0 Å². The van der Waals surface area contributed by atoms with E-state index in [0.717, 1.165) is 19.3 Å². The Hall–Kier alpha value is -1.55. The number of esters is 2. The van der Waals surface area contributed by atoms with Crippen LogP contribution in [0.25, 0.3) is 0 Å². The third-order valence-electron chi connectivity index (χ3n) is 3.15. The summed E-state index contributed by atoms with van der Waals surface area (Å²) in [5.74, 6) is -0.222. The SMILES string of the molecule is CCCC(CC)OC(=O)CCCC(=O)Oc1cccc(Cl)c1. The van der Waals surface area contributed by atoms with Crippen molar-refractivity contribution in [2.75, 3.05) is 0 Å². The van der Waals surface area contributed by atoms with Gasteiger partial charge in [0.25, 0.3) is 0 Å². The summed E-state index contributed by atoms with van der Waals surface area (Å²) in [6.07, 6.45) is 3.47. The summed E-state index contributed by atoms with van der Waals surface area (Å²) < 4.78 is 10.5. The van der Waals surface area contributed by atoms with Gasteiger partial charge < -0.3 is 9.47 Å². The van der Waals surface area contributed by atoms with Crippen LogP contribution in [0.3, 0.4) is 0 Å². The van der Waals surface area contributed by atoms with E-state index in [1.165, 1.54) is 0 Å². The molecule has 0 aliphatic heterocycles. The molecule has 1 aromatic carbocycles. The van der Waals surface area contributed by atoms with Crippen LogP contribution in [0.2, 0.25) is 5.02 Å². The van der Waals surface area contributed by atoms with Crippen LogP contribution >= 0.6 is 11.6 Å². The molecular formula is C17H23ClO4. The zero-order chi connectivity index (χ0) is 16.4. The zero-order valence-electron chi connectivity index (χ0n) is 13.1. The highest BCUT2D eigenvalue weighted by Gasteiger charge is 2.13. The number of carbonyl (C=O) groups is 2. The topological polar surface area (TPSA) is 52.6 Å². The van der Waals surface area contributed by atoms with Crippen LogP contribution in [-0.2, 0) is 14.3 Å². The molecule has 0 saturated heterocycles. The van der Waals surface area contributed by atoms with E-state index in [-0.39, 0.29) is 30.9 Å². The molecule has 1 unspecified atom stereocenters. The molecule has 5 heteroatoms. The molecule has 0 fully saturated rings. The Morgan fingerprint density at radius 1 is 1.18 bits per heavy atom. The Kier molecular flexibility index (Phi) is 8.60. The molecule has 0 aliphatic rings. The molecule has 0 radical (unpaired) electrons. The van der Waals surface area contributed by atoms with Gasteiger partial charge in [-0.2, -0.15) is 0 Å². The molecule has 4 nitrogen and oxygen atoms in total. The smallest absolute Gasteiger partial charge is 0.311 e. The van der Waals surface area contributed by atoms with Gasteiger partial charge in [-0.1, -0.05) is 37.9 Å². The van der Waals surface area contributed by atoms with Crippen molar-refractivity contribution in [1.82, 2.24) is 0 Å². The van der Waals surface area contributed by atoms with Crippen LogP contribution in [0.4, 0.5) is 0 Å². The molecule has 0 spiro atoms. The lowest BCUT2D eigenvalue weighted by atomic mass is 10.1. The number of rotatable bonds is 9. The standard InChI is InChI=1S/C17H23ClO4/c1-3-7-14(4-2)21-16(19)10-6-11-17(20)22-15-9-5-8-13(18)12-15/h5,8-9,12,14H,3-4,6-7,10-11H2,1-2H3. The van der Waals surface area contributed by atoms with Crippen LogP contribution in [0.5, 0.6) is 5.75 Å². The first-order valence-electron chi connectivity index (χ1n) is 7.70. The monoisotopic (exact) mass is 326 g/mol. The number of hydrogen-bond donors (Lipinski definition) is 0. The Morgan fingerprint density at radius 2 is 1.91 bits per heavy atom. The van der Waals surface area contributed by atoms with Crippen molar-refractivity contribution in [2.45, 2.75) is 58.5 Å². The molecule has 1 rings (SSSR count). The van der Waals surface area contributed by atoms with E-state index in [1.807, 2.05) is 6.92 Å². The normalized spacial score (nSPS) is 11.8. The van der Waals surface area contributed by atoms with Gasteiger partial charge in [-0.3, -0.25) is 9.59 Å². The molecule has 1 atom stereocenters. The second-order valence-corrected chi connectivity index (χ2v) is 5.53. The molecule has 1 aromatic rings. The molecule has 122 valence electrons. The first-order chi connectivity index (χ1) is 10.5. The third-order valence-corrected chi connectivity index (χ3v) is 3.39. The lowest BCUT2D eigenvalue weighted by Crippen LogP contribution is -2.17. The molecule has 0 aromatic heterocycles. The quantitative estimate of drug-likeness (QED) is 0.494. The van der Waals surface area contributed by atoms with Gasteiger partial charge in [-0.05, 0) is 37.5 Å². The van der Waals surface area contributed by atoms with Crippen molar-refractivity contribution in [3.05, 3.63) is 29.3 Å². The maximum absolute atomic E-state index is 11.7. The molecule has 0 amide bonds. The summed E-state index contributed by atoms with van der Waals surface area (Å²) in [5.41, 5.74) is 0. The minimum absolute atomic E-state index is 0.0177.